The van der Waals surface area contributed by atoms with E-state index in [0.717, 1.165) is 18.1 Å². The maximum atomic E-state index is 4.82. The first-order chi connectivity index (χ1) is 6.07. The molecule has 13 heavy (non-hydrogen) atoms. The van der Waals surface area contributed by atoms with Gasteiger partial charge >= 0.3 is 0 Å². The molecule has 2 nitrogen and oxygen atoms in total. The molecule has 0 unspecified atom stereocenters. The van der Waals surface area contributed by atoms with E-state index in [2.05, 4.69) is 25.6 Å². The first kappa shape index (κ1) is 8.79. The standard InChI is InChI=1S/C11H17NO/c1-7-9-5-8(11(9,2)3)6-10(7)12-13-4/h8-9H,1,5-6H2,2-4H3/b12-10+/t8-,9+/m0/s1. The summed E-state index contributed by atoms with van der Waals surface area (Å²) in [6.07, 6.45) is 2.35. The maximum Gasteiger partial charge on any atom is 0.106 e. The van der Waals surface area contributed by atoms with Crippen LogP contribution in [0.5, 0.6) is 0 Å². The van der Waals surface area contributed by atoms with E-state index in [-0.39, 0.29) is 0 Å². The third kappa shape index (κ3) is 1.04. The molecule has 0 spiro atoms. The normalized spacial score (nSPS) is 38.7. The van der Waals surface area contributed by atoms with Gasteiger partial charge in [-0.25, -0.2) is 0 Å². The Kier molecular flexibility index (Phi) is 1.76. The molecule has 2 bridgehead atoms. The fraction of sp³-hybridized carbons (Fsp3) is 0.727. The number of rotatable bonds is 1. The zero-order valence-electron chi connectivity index (χ0n) is 8.63. The van der Waals surface area contributed by atoms with Gasteiger partial charge < -0.3 is 4.84 Å². The average Bonchev–Trinajstić information content (AvgIpc) is 2.08. The predicted molar refractivity (Wildman–Crippen MR) is 53.6 cm³/mol. The summed E-state index contributed by atoms with van der Waals surface area (Å²) in [5.74, 6) is 1.43. The van der Waals surface area contributed by atoms with Crippen molar-refractivity contribution in [3.8, 4) is 0 Å². The van der Waals surface area contributed by atoms with Crippen LogP contribution >= 0.6 is 0 Å². The lowest BCUT2D eigenvalue weighted by atomic mass is 9.47. The second-order valence-corrected chi connectivity index (χ2v) is 4.76. The van der Waals surface area contributed by atoms with Crippen LogP contribution in [0.15, 0.2) is 17.3 Å². The zero-order chi connectivity index (χ0) is 9.64. The third-order valence-electron chi connectivity index (χ3n) is 3.90. The van der Waals surface area contributed by atoms with Crippen LogP contribution in [0.1, 0.15) is 26.7 Å². The summed E-state index contributed by atoms with van der Waals surface area (Å²) in [5.41, 5.74) is 2.74. The molecule has 3 saturated carbocycles. The Hall–Kier alpha value is -0.790. The minimum absolute atomic E-state index is 0.448. The average molecular weight is 179 g/mol. The summed E-state index contributed by atoms with van der Waals surface area (Å²) in [6, 6.07) is 0. The third-order valence-corrected chi connectivity index (χ3v) is 3.90. The Labute approximate surface area is 79.7 Å². The summed E-state index contributed by atoms with van der Waals surface area (Å²) < 4.78 is 0. The molecule has 3 aliphatic rings. The molecule has 0 aliphatic heterocycles. The van der Waals surface area contributed by atoms with Crippen molar-refractivity contribution in [2.45, 2.75) is 26.7 Å². The molecule has 2 heteroatoms. The van der Waals surface area contributed by atoms with E-state index in [9.17, 15) is 0 Å². The molecule has 0 saturated heterocycles. The van der Waals surface area contributed by atoms with Crippen molar-refractivity contribution in [1.29, 1.82) is 0 Å². The zero-order valence-corrected chi connectivity index (χ0v) is 8.63. The van der Waals surface area contributed by atoms with Gasteiger partial charge in [0.25, 0.3) is 0 Å². The summed E-state index contributed by atoms with van der Waals surface area (Å²) >= 11 is 0. The highest BCUT2D eigenvalue weighted by Crippen LogP contribution is 2.59. The lowest BCUT2D eigenvalue weighted by Gasteiger charge is -2.57. The fourth-order valence-electron chi connectivity index (χ4n) is 2.73. The van der Waals surface area contributed by atoms with Crippen molar-refractivity contribution in [1.82, 2.24) is 0 Å². The van der Waals surface area contributed by atoms with Crippen LogP contribution in [0, 0.1) is 17.3 Å². The molecule has 0 aromatic rings. The van der Waals surface area contributed by atoms with Gasteiger partial charge in [0.05, 0.1) is 5.71 Å². The minimum atomic E-state index is 0.448. The molecule has 2 atom stereocenters. The Morgan fingerprint density at radius 3 is 2.69 bits per heavy atom. The Bertz CT molecular complexity index is 278. The number of nitrogens with zero attached hydrogens (tertiary/aromatic N) is 1. The van der Waals surface area contributed by atoms with Crippen LogP contribution in [-0.4, -0.2) is 12.8 Å². The molecule has 0 aromatic heterocycles. The van der Waals surface area contributed by atoms with Crippen LogP contribution in [0.3, 0.4) is 0 Å². The number of oxime groups is 1. The molecule has 3 rings (SSSR count). The van der Waals surface area contributed by atoms with Gasteiger partial charge in [-0.1, -0.05) is 25.6 Å². The molecule has 72 valence electrons. The van der Waals surface area contributed by atoms with Gasteiger partial charge in [-0.05, 0) is 35.7 Å². The van der Waals surface area contributed by atoms with Crippen molar-refractivity contribution in [3.63, 3.8) is 0 Å². The van der Waals surface area contributed by atoms with Gasteiger partial charge in [0.1, 0.15) is 7.11 Å². The molecule has 3 aliphatic carbocycles. The number of allylic oxidation sites excluding steroid dienone is 1. The Morgan fingerprint density at radius 2 is 2.23 bits per heavy atom. The van der Waals surface area contributed by atoms with Crippen LogP contribution in [0.25, 0.3) is 0 Å². The molecule has 0 radical (unpaired) electrons. The van der Waals surface area contributed by atoms with Crippen LogP contribution < -0.4 is 0 Å². The van der Waals surface area contributed by atoms with Crippen molar-refractivity contribution >= 4 is 5.71 Å². The van der Waals surface area contributed by atoms with Crippen molar-refractivity contribution in [3.05, 3.63) is 12.2 Å². The number of fused-ring (bicyclic) bond motifs is 2. The summed E-state index contributed by atoms with van der Waals surface area (Å²) in [4.78, 5) is 4.82. The first-order valence-electron chi connectivity index (χ1n) is 4.86. The summed E-state index contributed by atoms with van der Waals surface area (Å²) in [6.45, 7) is 8.79. The molecule has 0 aromatic carbocycles. The quantitative estimate of drug-likeness (QED) is 0.567. The second-order valence-electron chi connectivity index (χ2n) is 4.76. The first-order valence-corrected chi connectivity index (χ1v) is 4.86. The SMILES string of the molecule is C=C1/C(=N/OC)C[C@@H]2C[C@H]1C2(C)C. The lowest BCUT2D eigenvalue weighted by Crippen LogP contribution is -2.52. The summed E-state index contributed by atoms with van der Waals surface area (Å²) in [7, 11) is 1.60. The Balaban J connectivity index is 2.22. The second kappa shape index (κ2) is 2.60. The molecular weight excluding hydrogens is 162 g/mol. The highest BCUT2D eigenvalue weighted by Gasteiger charge is 2.53. The van der Waals surface area contributed by atoms with Crippen LogP contribution in [-0.2, 0) is 4.84 Å². The number of hydrogen-bond donors (Lipinski definition) is 0. The van der Waals surface area contributed by atoms with Crippen molar-refractivity contribution in [2.24, 2.45) is 22.4 Å². The number of hydrogen-bond acceptors (Lipinski definition) is 2. The van der Waals surface area contributed by atoms with Gasteiger partial charge in [-0.15, -0.1) is 0 Å². The van der Waals surface area contributed by atoms with Gasteiger partial charge in [0.15, 0.2) is 0 Å². The monoisotopic (exact) mass is 179 g/mol. The van der Waals surface area contributed by atoms with Gasteiger partial charge in [0, 0.05) is 0 Å². The largest absolute Gasteiger partial charge is 0.399 e. The van der Waals surface area contributed by atoms with E-state index in [1.807, 2.05) is 0 Å². The van der Waals surface area contributed by atoms with Crippen LogP contribution in [0.4, 0.5) is 0 Å². The molecule has 3 fully saturated rings. The minimum Gasteiger partial charge on any atom is -0.399 e. The van der Waals surface area contributed by atoms with E-state index >= 15 is 0 Å². The van der Waals surface area contributed by atoms with Crippen LogP contribution in [0.2, 0.25) is 0 Å². The van der Waals surface area contributed by atoms with Gasteiger partial charge in [-0.2, -0.15) is 0 Å². The molecule has 0 heterocycles. The molecular formula is C11H17NO. The van der Waals surface area contributed by atoms with E-state index in [1.54, 1.807) is 7.11 Å². The highest BCUT2D eigenvalue weighted by atomic mass is 16.6. The highest BCUT2D eigenvalue weighted by molar-refractivity contribution is 6.01. The predicted octanol–water partition coefficient (Wildman–Crippen LogP) is 2.61. The molecule has 0 N–H and O–H groups in total. The fourth-order valence-corrected chi connectivity index (χ4v) is 2.73. The van der Waals surface area contributed by atoms with Gasteiger partial charge in [-0.3, -0.25) is 0 Å². The van der Waals surface area contributed by atoms with E-state index < -0.39 is 0 Å². The summed E-state index contributed by atoms with van der Waals surface area (Å²) in [5, 5.41) is 4.03. The maximum absolute atomic E-state index is 4.82. The topological polar surface area (TPSA) is 21.6 Å². The van der Waals surface area contributed by atoms with E-state index in [4.69, 9.17) is 4.84 Å². The van der Waals surface area contributed by atoms with E-state index in [1.165, 1.54) is 12.0 Å². The Morgan fingerprint density at radius 1 is 1.54 bits per heavy atom. The van der Waals surface area contributed by atoms with Crippen molar-refractivity contribution < 1.29 is 4.84 Å². The smallest absolute Gasteiger partial charge is 0.106 e. The molecule has 0 amide bonds. The van der Waals surface area contributed by atoms with E-state index in [0.29, 0.717) is 11.3 Å². The van der Waals surface area contributed by atoms with Crippen molar-refractivity contribution in [2.75, 3.05) is 7.11 Å². The lowest BCUT2D eigenvalue weighted by molar-refractivity contribution is 0.000258. The van der Waals surface area contributed by atoms with Gasteiger partial charge in [0.2, 0.25) is 0 Å².